The molecule has 14 heavy (non-hydrogen) atoms. The van der Waals surface area contributed by atoms with Crippen molar-refractivity contribution >= 4 is 5.69 Å². The lowest BCUT2D eigenvalue weighted by molar-refractivity contribution is 0.154. The number of aliphatic hydroxyl groups is 1. The Kier molecular flexibility index (Phi) is 3.92. The molecule has 0 aliphatic rings. The Hall–Kier alpha value is -1.06. The van der Waals surface area contributed by atoms with Crippen molar-refractivity contribution < 1.29 is 5.11 Å². The van der Waals surface area contributed by atoms with Crippen LogP contribution in [-0.4, -0.2) is 30.6 Å². The summed E-state index contributed by atoms with van der Waals surface area (Å²) in [5, 5.41) is 9.79. The van der Waals surface area contributed by atoms with Gasteiger partial charge in [-0.25, -0.2) is 0 Å². The first-order valence-corrected chi connectivity index (χ1v) is 4.78. The third-order valence-corrected chi connectivity index (χ3v) is 2.17. The molecule has 1 unspecified atom stereocenters. The molecule has 0 aliphatic heterocycles. The molecule has 1 atom stereocenters. The monoisotopic (exact) mass is 194 g/mol. The third kappa shape index (κ3) is 3.36. The Morgan fingerprint density at radius 3 is 2.36 bits per heavy atom. The van der Waals surface area contributed by atoms with E-state index < -0.39 is 6.10 Å². The Bertz CT molecular complexity index is 269. The number of hydrogen-bond donors (Lipinski definition) is 2. The summed E-state index contributed by atoms with van der Waals surface area (Å²) in [5.41, 5.74) is 7.22. The van der Waals surface area contributed by atoms with Crippen LogP contribution in [0.2, 0.25) is 0 Å². The highest BCUT2D eigenvalue weighted by molar-refractivity contribution is 5.39. The molecule has 0 spiro atoms. The van der Waals surface area contributed by atoms with Crippen molar-refractivity contribution in [1.29, 1.82) is 0 Å². The third-order valence-electron chi connectivity index (χ3n) is 2.17. The number of benzene rings is 1. The first-order chi connectivity index (χ1) is 6.59. The molecule has 0 heterocycles. The van der Waals surface area contributed by atoms with Crippen molar-refractivity contribution in [2.24, 2.45) is 0 Å². The second-order valence-corrected chi connectivity index (χ2v) is 3.77. The van der Waals surface area contributed by atoms with Crippen LogP contribution in [0, 0.1) is 0 Å². The van der Waals surface area contributed by atoms with E-state index >= 15 is 0 Å². The van der Waals surface area contributed by atoms with Gasteiger partial charge in [0.05, 0.1) is 6.10 Å². The van der Waals surface area contributed by atoms with E-state index in [1.165, 1.54) is 0 Å². The summed E-state index contributed by atoms with van der Waals surface area (Å²) in [6, 6.07) is 7.37. The average Bonchev–Trinajstić information content (AvgIpc) is 2.15. The first kappa shape index (κ1) is 11.0. The molecule has 1 aromatic carbocycles. The fourth-order valence-electron chi connectivity index (χ4n) is 1.27. The molecule has 0 aliphatic carbocycles. The van der Waals surface area contributed by atoms with Crippen LogP contribution in [0.25, 0.3) is 0 Å². The van der Waals surface area contributed by atoms with Gasteiger partial charge in [-0.15, -0.1) is 0 Å². The van der Waals surface area contributed by atoms with Gasteiger partial charge in [0.2, 0.25) is 0 Å². The standard InChI is InChI=1S/C11H18N2O/c1-13(2)8-7-11(14)9-3-5-10(12)6-4-9/h3-6,11,14H,7-8,12H2,1-2H3. The first-order valence-electron chi connectivity index (χ1n) is 4.78. The zero-order chi connectivity index (χ0) is 10.6. The average molecular weight is 194 g/mol. The molecule has 1 rings (SSSR count). The Balaban J connectivity index is 2.52. The number of nitrogens with two attached hydrogens (primary N) is 1. The molecule has 1 aromatic rings. The van der Waals surface area contributed by atoms with Gasteiger partial charge in [-0.3, -0.25) is 0 Å². The minimum atomic E-state index is -0.391. The van der Waals surface area contributed by atoms with E-state index in [0.29, 0.717) is 0 Å². The number of anilines is 1. The van der Waals surface area contributed by atoms with Gasteiger partial charge >= 0.3 is 0 Å². The van der Waals surface area contributed by atoms with E-state index in [1.807, 2.05) is 38.4 Å². The SMILES string of the molecule is CN(C)CCC(O)c1ccc(N)cc1. The van der Waals surface area contributed by atoms with Gasteiger partial charge in [-0.05, 0) is 38.2 Å². The van der Waals surface area contributed by atoms with Crippen LogP contribution in [0.5, 0.6) is 0 Å². The molecule has 0 amide bonds. The normalized spacial score (nSPS) is 13.1. The van der Waals surface area contributed by atoms with Crippen molar-refractivity contribution in [1.82, 2.24) is 4.90 Å². The van der Waals surface area contributed by atoms with Gasteiger partial charge in [-0.2, -0.15) is 0 Å². The van der Waals surface area contributed by atoms with Crippen LogP contribution in [0.4, 0.5) is 5.69 Å². The summed E-state index contributed by atoms with van der Waals surface area (Å²) in [5.74, 6) is 0. The van der Waals surface area contributed by atoms with Crippen molar-refractivity contribution in [3.63, 3.8) is 0 Å². The van der Waals surface area contributed by atoms with E-state index in [-0.39, 0.29) is 0 Å². The lowest BCUT2D eigenvalue weighted by Crippen LogP contribution is -2.15. The van der Waals surface area contributed by atoms with Crippen molar-refractivity contribution in [2.45, 2.75) is 12.5 Å². The number of aliphatic hydroxyl groups excluding tert-OH is 1. The van der Waals surface area contributed by atoms with Gasteiger partial charge in [-0.1, -0.05) is 12.1 Å². The summed E-state index contributed by atoms with van der Waals surface area (Å²) in [7, 11) is 3.99. The molecule has 0 aromatic heterocycles. The largest absolute Gasteiger partial charge is 0.399 e. The number of nitrogens with zero attached hydrogens (tertiary/aromatic N) is 1. The predicted octanol–water partition coefficient (Wildman–Crippen LogP) is 1.25. The molecular weight excluding hydrogens is 176 g/mol. The Morgan fingerprint density at radius 1 is 1.29 bits per heavy atom. The summed E-state index contributed by atoms with van der Waals surface area (Å²) >= 11 is 0. The summed E-state index contributed by atoms with van der Waals surface area (Å²) in [6.45, 7) is 0.880. The summed E-state index contributed by atoms with van der Waals surface area (Å²) in [4.78, 5) is 2.06. The molecule has 0 radical (unpaired) electrons. The smallest absolute Gasteiger partial charge is 0.0802 e. The van der Waals surface area contributed by atoms with Crippen molar-refractivity contribution in [3.05, 3.63) is 29.8 Å². The number of rotatable bonds is 4. The Labute approximate surface area is 85.2 Å². The fraction of sp³-hybridized carbons (Fsp3) is 0.455. The van der Waals surface area contributed by atoms with Crippen LogP contribution in [0.1, 0.15) is 18.1 Å². The molecule has 3 N–H and O–H groups in total. The van der Waals surface area contributed by atoms with E-state index in [1.54, 1.807) is 0 Å². The lowest BCUT2D eigenvalue weighted by atomic mass is 10.1. The van der Waals surface area contributed by atoms with Gasteiger partial charge < -0.3 is 15.7 Å². The minimum Gasteiger partial charge on any atom is -0.399 e. The number of nitrogen functional groups attached to an aromatic ring is 1. The van der Waals surface area contributed by atoms with Crippen LogP contribution < -0.4 is 5.73 Å². The number of hydrogen-bond acceptors (Lipinski definition) is 3. The Morgan fingerprint density at radius 2 is 1.86 bits per heavy atom. The molecule has 3 nitrogen and oxygen atoms in total. The fourth-order valence-corrected chi connectivity index (χ4v) is 1.27. The summed E-state index contributed by atoms with van der Waals surface area (Å²) < 4.78 is 0. The molecule has 0 saturated heterocycles. The van der Waals surface area contributed by atoms with Crippen molar-refractivity contribution in [3.8, 4) is 0 Å². The maximum Gasteiger partial charge on any atom is 0.0802 e. The molecule has 0 fully saturated rings. The van der Waals surface area contributed by atoms with Gasteiger partial charge in [0.25, 0.3) is 0 Å². The van der Waals surface area contributed by atoms with Gasteiger partial charge in [0, 0.05) is 12.2 Å². The van der Waals surface area contributed by atoms with Crippen molar-refractivity contribution in [2.75, 3.05) is 26.4 Å². The van der Waals surface area contributed by atoms with E-state index in [4.69, 9.17) is 5.73 Å². The quantitative estimate of drug-likeness (QED) is 0.709. The highest BCUT2D eigenvalue weighted by Gasteiger charge is 2.06. The second kappa shape index (κ2) is 4.98. The highest BCUT2D eigenvalue weighted by atomic mass is 16.3. The summed E-state index contributed by atoms with van der Waals surface area (Å²) in [6.07, 6.45) is 0.356. The molecule has 78 valence electrons. The maximum atomic E-state index is 9.79. The zero-order valence-corrected chi connectivity index (χ0v) is 8.77. The van der Waals surface area contributed by atoms with Gasteiger partial charge in [0.1, 0.15) is 0 Å². The molecular formula is C11H18N2O. The zero-order valence-electron chi connectivity index (χ0n) is 8.77. The molecule has 0 bridgehead atoms. The van der Waals surface area contributed by atoms with Crippen LogP contribution in [0.3, 0.4) is 0 Å². The van der Waals surface area contributed by atoms with Crippen LogP contribution >= 0.6 is 0 Å². The topological polar surface area (TPSA) is 49.5 Å². The molecule has 0 saturated carbocycles. The molecule has 3 heteroatoms. The van der Waals surface area contributed by atoms with Crippen LogP contribution in [0.15, 0.2) is 24.3 Å². The van der Waals surface area contributed by atoms with E-state index in [0.717, 1.165) is 24.2 Å². The maximum absolute atomic E-state index is 9.79. The predicted molar refractivity (Wildman–Crippen MR) is 59.0 cm³/mol. The second-order valence-electron chi connectivity index (χ2n) is 3.77. The highest BCUT2D eigenvalue weighted by Crippen LogP contribution is 2.17. The minimum absolute atomic E-state index is 0.391. The lowest BCUT2D eigenvalue weighted by Gasteiger charge is -2.14. The van der Waals surface area contributed by atoms with E-state index in [2.05, 4.69) is 4.90 Å². The van der Waals surface area contributed by atoms with Crippen LogP contribution in [-0.2, 0) is 0 Å². The van der Waals surface area contributed by atoms with Gasteiger partial charge in [0.15, 0.2) is 0 Å². The van der Waals surface area contributed by atoms with E-state index in [9.17, 15) is 5.11 Å².